The van der Waals surface area contributed by atoms with Crippen molar-refractivity contribution >= 4 is 5.78 Å². The molecule has 1 aromatic carbocycles. The molecule has 0 fully saturated rings. The second kappa shape index (κ2) is 2.65. The van der Waals surface area contributed by atoms with E-state index in [1.165, 1.54) is 0 Å². The van der Waals surface area contributed by atoms with E-state index in [4.69, 9.17) is 0 Å². The maximum absolute atomic E-state index is 10.6. The summed E-state index contributed by atoms with van der Waals surface area (Å²) in [4.78, 5) is 10.6. The van der Waals surface area contributed by atoms with Gasteiger partial charge in [0.05, 0.1) is 0 Å². The third-order valence-electron chi connectivity index (χ3n) is 1.37. The molecule has 0 heterocycles. The molecule has 0 unspecified atom stereocenters. The zero-order valence-corrected chi connectivity index (χ0v) is 5.92. The second-order valence-corrected chi connectivity index (χ2v) is 2.29. The molecule has 0 aliphatic heterocycles. The number of carbonyl (C=O) groups is 1. The first-order valence-electron chi connectivity index (χ1n) is 3.13. The van der Waals surface area contributed by atoms with Crippen molar-refractivity contribution in [3.63, 3.8) is 0 Å². The molecule has 0 aromatic heterocycles. The lowest BCUT2D eigenvalue weighted by molar-refractivity contribution is 0.104. The van der Waals surface area contributed by atoms with Crippen LogP contribution in [0.3, 0.4) is 0 Å². The molecule has 0 spiro atoms. The Bertz CT molecular complexity index is 233. The summed E-state index contributed by atoms with van der Waals surface area (Å²) < 4.78 is 0. The molecular weight excluding hydrogens is 124 g/mol. The van der Waals surface area contributed by atoms with E-state index in [1.54, 1.807) is 12.1 Å². The largest absolute Gasteiger partial charge is 0.294 e. The van der Waals surface area contributed by atoms with Crippen molar-refractivity contribution in [2.75, 3.05) is 0 Å². The topological polar surface area (TPSA) is 17.1 Å². The molecule has 51 valence electrons. The van der Waals surface area contributed by atoms with E-state index in [9.17, 15) is 4.79 Å². The van der Waals surface area contributed by atoms with E-state index >= 15 is 0 Å². The first kappa shape index (κ1) is 7.00. The lowest BCUT2D eigenvalue weighted by Crippen LogP contribution is -1.90. The second-order valence-electron chi connectivity index (χ2n) is 2.29. The van der Waals surface area contributed by atoms with Crippen LogP contribution in [-0.2, 0) is 0 Å². The molecule has 1 nitrogen and oxygen atoms in total. The Hall–Kier alpha value is -1.11. The summed E-state index contributed by atoms with van der Waals surface area (Å²) in [6.45, 7) is 5.28. The SMILES string of the molecule is [CH2]C(=O)c1ccc(C)cc1. The Kier molecular flexibility index (Phi) is 1.86. The molecule has 1 radical (unpaired) electrons. The van der Waals surface area contributed by atoms with Gasteiger partial charge in [0.2, 0.25) is 0 Å². The van der Waals surface area contributed by atoms with Crippen LogP contribution in [0.1, 0.15) is 15.9 Å². The summed E-state index contributed by atoms with van der Waals surface area (Å²) in [5.74, 6) is -0.125. The minimum atomic E-state index is -0.125. The van der Waals surface area contributed by atoms with Gasteiger partial charge in [-0.05, 0) is 6.92 Å². The molecule has 0 saturated carbocycles. The van der Waals surface area contributed by atoms with E-state index in [1.807, 2.05) is 19.1 Å². The van der Waals surface area contributed by atoms with Gasteiger partial charge in [0.15, 0.2) is 5.78 Å². The van der Waals surface area contributed by atoms with Crippen molar-refractivity contribution in [1.82, 2.24) is 0 Å². The van der Waals surface area contributed by atoms with Gasteiger partial charge in [0.25, 0.3) is 0 Å². The third kappa shape index (κ3) is 1.44. The third-order valence-corrected chi connectivity index (χ3v) is 1.37. The molecule has 0 amide bonds. The van der Waals surface area contributed by atoms with Crippen molar-refractivity contribution in [3.8, 4) is 0 Å². The van der Waals surface area contributed by atoms with Crippen LogP contribution in [0.15, 0.2) is 24.3 Å². The van der Waals surface area contributed by atoms with Gasteiger partial charge in [0.1, 0.15) is 0 Å². The molecule has 1 heteroatoms. The summed E-state index contributed by atoms with van der Waals surface area (Å²) >= 11 is 0. The molecule has 0 saturated heterocycles. The fraction of sp³-hybridized carbons (Fsp3) is 0.111. The van der Waals surface area contributed by atoms with Crippen LogP contribution in [0.4, 0.5) is 0 Å². The van der Waals surface area contributed by atoms with Crippen molar-refractivity contribution in [2.45, 2.75) is 6.92 Å². The van der Waals surface area contributed by atoms with E-state index in [2.05, 4.69) is 6.92 Å². The highest BCUT2D eigenvalue weighted by Gasteiger charge is 1.95. The van der Waals surface area contributed by atoms with Crippen molar-refractivity contribution < 1.29 is 4.79 Å². The monoisotopic (exact) mass is 133 g/mol. The van der Waals surface area contributed by atoms with Crippen LogP contribution in [0.2, 0.25) is 0 Å². The van der Waals surface area contributed by atoms with Crippen LogP contribution >= 0.6 is 0 Å². The number of hydrogen-bond donors (Lipinski definition) is 0. The summed E-state index contributed by atoms with van der Waals surface area (Å²) in [5.41, 5.74) is 1.83. The molecule has 0 bridgehead atoms. The minimum absolute atomic E-state index is 0.125. The molecule has 0 N–H and O–H groups in total. The summed E-state index contributed by atoms with van der Waals surface area (Å²) in [7, 11) is 0. The lowest BCUT2D eigenvalue weighted by Gasteiger charge is -1.93. The first-order chi connectivity index (χ1) is 4.70. The Balaban J connectivity index is 3.00. The maximum atomic E-state index is 10.6. The minimum Gasteiger partial charge on any atom is -0.294 e. The van der Waals surface area contributed by atoms with Gasteiger partial charge in [-0.3, -0.25) is 4.79 Å². The molecule has 1 rings (SSSR count). The fourth-order valence-electron chi connectivity index (χ4n) is 0.739. The standard InChI is InChI=1S/C9H9O/c1-7-3-5-9(6-4-7)8(2)10/h3-6H,2H2,1H3. The fourth-order valence-corrected chi connectivity index (χ4v) is 0.739. The van der Waals surface area contributed by atoms with Crippen LogP contribution < -0.4 is 0 Å². The van der Waals surface area contributed by atoms with Gasteiger partial charge in [-0.1, -0.05) is 29.8 Å². The van der Waals surface area contributed by atoms with Crippen molar-refractivity contribution in [3.05, 3.63) is 42.3 Å². The van der Waals surface area contributed by atoms with Gasteiger partial charge >= 0.3 is 0 Å². The Morgan fingerprint density at radius 3 is 2.20 bits per heavy atom. The lowest BCUT2D eigenvalue weighted by atomic mass is 10.1. The molecule has 10 heavy (non-hydrogen) atoms. The zero-order chi connectivity index (χ0) is 7.56. The average Bonchev–Trinajstić information content (AvgIpc) is 1.88. The van der Waals surface area contributed by atoms with Gasteiger partial charge in [-0.15, -0.1) is 0 Å². The number of rotatable bonds is 1. The Morgan fingerprint density at radius 1 is 1.30 bits per heavy atom. The summed E-state index contributed by atoms with van der Waals surface area (Å²) in [6.07, 6.45) is 0. The Labute approximate surface area is 60.7 Å². The highest BCUT2D eigenvalue weighted by Crippen LogP contribution is 2.02. The number of carbonyl (C=O) groups excluding carboxylic acids is 1. The highest BCUT2D eigenvalue weighted by molar-refractivity contribution is 5.99. The normalized spacial score (nSPS) is 9.40. The molecule has 0 aliphatic rings. The Morgan fingerprint density at radius 2 is 1.80 bits per heavy atom. The van der Waals surface area contributed by atoms with E-state index in [-0.39, 0.29) is 5.78 Å². The molecule has 0 atom stereocenters. The van der Waals surface area contributed by atoms with E-state index < -0.39 is 0 Å². The van der Waals surface area contributed by atoms with Crippen LogP contribution in [0.25, 0.3) is 0 Å². The quantitative estimate of drug-likeness (QED) is 0.535. The maximum Gasteiger partial charge on any atom is 0.163 e. The average molecular weight is 133 g/mol. The van der Waals surface area contributed by atoms with Crippen LogP contribution in [0.5, 0.6) is 0 Å². The van der Waals surface area contributed by atoms with E-state index in [0.717, 1.165) is 5.56 Å². The molecule has 1 aromatic rings. The smallest absolute Gasteiger partial charge is 0.163 e. The van der Waals surface area contributed by atoms with Gasteiger partial charge in [-0.25, -0.2) is 0 Å². The van der Waals surface area contributed by atoms with Gasteiger partial charge in [0, 0.05) is 12.5 Å². The van der Waals surface area contributed by atoms with E-state index in [0.29, 0.717) is 5.56 Å². The number of aryl methyl sites for hydroxylation is 1. The van der Waals surface area contributed by atoms with Crippen molar-refractivity contribution in [2.24, 2.45) is 0 Å². The van der Waals surface area contributed by atoms with Gasteiger partial charge in [-0.2, -0.15) is 0 Å². The molecular formula is C9H9O. The zero-order valence-electron chi connectivity index (χ0n) is 5.92. The number of benzene rings is 1. The number of hydrogen-bond acceptors (Lipinski definition) is 1. The van der Waals surface area contributed by atoms with Crippen molar-refractivity contribution in [1.29, 1.82) is 0 Å². The predicted octanol–water partition coefficient (Wildman–Crippen LogP) is 2.01. The van der Waals surface area contributed by atoms with Gasteiger partial charge < -0.3 is 0 Å². The highest BCUT2D eigenvalue weighted by atomic mass is 16.1. The first-order valence-corrected chi connectivity index (χ1v) is 3.13. The van der Waals surface area contributed by atoms with Crippen LogP contribution in [-0.4, -0.2) is 5.78 Å². The predicted molar refractivity (Wildman–Crippen MR) is 40.9 cm³/mol. The molecule has 0 aliphatic carbocycles. The summed E-state index contributed by atoms with van der Waals surface area (Å²) in [6, 6.07) is 7.37. The number of Topliss-reactive ketones (excluding diaryl/α,β-unsaturated/α-hetero) is 1. The number of ketones is 1. The summed E-state index contributed by atoms with van der Waals surface area (Å²) in [5, 5.41) is 0. The van der Waals surface area contributed by atoms with Crippen LogP contribution in [0, 0.1) is 13.8 Å².